The van der Waals surface area contributed by atoms with E-state index in [1.807, 2.05) is 25.1 Å². The number of aliphatic hydroxyl groups is 1. The van der Waals surface area contributed by atoms with E-state index >= 15 is 0 Å². The predicted octanol–water partition coefficient (Wildman–Crippen LogP) is 1.34. The molecule has 0 aromatic heterocycles. The van der Waals surface area contributed by atoms with Crippen LogP contribution in [0.3, 0.4) is 0 Å². The molecule has 4 N–H and O–H groups in total. The van der Waals surface area contributed by atoms with Crippen molar-refractivity contribution < 1.29 is 34.2 Å². The van der Waals surface area contributed by atoms with E-state index in [2.05, 4.69) is 18.7 Å². The highest BCUT2D eigenvalue weighted by Gasteiger charge is 2.69. The number of amides is 1. The van der Waals surface area contributed by atoms with Gasteiger partial charge in [-0.1, -0.05) is 26.7 Å². The van der Waals surface area contributed by atoms with Crippen LogP contribution >= 0.6 is 0 Å². The summed E-state index contributed by atoms with van der Waals surface area (Å²) in [4.78, 5) is 73.0. The molecule has 0 aliphatic heterocycles. The number of hydrogen-bond donors (Lipinski definition) is 3. The number of phenols is 1. The van der Waals surface area contributed by atoms with Crippen molar-refractivity contribution in [3.63, 3.8) is 0 Å². The van der Waals surface area contributed by atoms with Gasteiger partial charge in [-0.3, -0.25) is 33.8 Å². The Hall–Kier alpha value is -3.15. The number of phenolic OH excluding ortho intramolecular Hbond substituents is 1. The molecule has 236 valence electrons. The summed E-state index contributed by atoms with van der Waals surface area (Å²) in [6.45, 7) is 6.33. The highest BCUT2D eigenvalue weighted by atomic mass is 16.3. The molecule has 6 atom stereocenters. The number of fused-ring (bicyclic) bond motifs is 3. The maximum absolute atomic E-state index is 14.3. The van der Waals surface area contributed by atoms with E-state index in [1.165, 1.54) is 4.90 Å². The Balaban J connectivity index is 1.82. The largest absolute Gasteiger partial charge is 0.507 e. The highest BCUT2D eigenvalue weighted by molar-refractivity contribution is 6.32. The summed E-state index contributed by atoms with van der Waals surface area (Å²) in [6.07, 6.45) is 4.28. The van der Waals surface area contributed by atoms with Crippen molar-refractivity contribution in [3.8, 4) is 5.75 Å². The monoisotopic (exact) mass is 598 g/mol. The molecule has 0 bridgehead atoms. The number of primary amides is 1. The lowest BCUT2D eigenvalue weighted by Crippen LogP contribution is -2.74. The van der Waals surface area contributed by atoms with Crippen molar-refractivity contribution in [2.75, 3.05) is 46.2 Å². The number of benzene rings is 1. The molecule has 2 saturated carbocycles. The van der Waals surface area contributed by atoms with Crippen LogP contribution in [-0.2, 0) is 32.1 Å². The van der Waals surface area contributed by atoms with E-state index in [9.17, 15) is 34.2 Å². The number of carbonyl (C=O) groups excluding carboxylic acids is 5. The minimum Gasteiger partial charge on any atom is -0.507 e. The lowest BCUT2D eigenvalue weighted by molar-refractivity contribution is -0.181. The quantitative estimate of drug-likeness (QED) is 0.317. The van der Waals surface area contributed by atoms with E-state index in [4.69, 9.17) is 5.73 Å². The van der Waals surface area contributed by atoms with Gasteiger partial charge in [-0.15, -0.1) is 0 Å². The third-order valence-electron chi connectivity index (χ3n) is 9.65. The maximum atomic E-state index is 14.3. The van der Waals surface area contributed by atoms with Gasteiger partial charge in [0.25, 0.3) is 0 Å². The molecule has 3 aliphatic rings. The normalized spacial score (nSPS) is 28.6. The van der Waals surface area contributed by atoms with Crippen LogP contribution in [-0.4, -0.2) is 102 Å². The molecule has 11 nitrogen and oxygen atoms in total. The summed E-state index contributed by atoms with van der Waals surface area (Å²) in [5, 5.41) is 23.4. The minimum absolute atomic E-state index is 0.0289. The number of rotatable bonds is 11. The average Bonchev–Trinajstić information content (AvgIpc) is 2.92. The zero-order valence-corrected chi connectivity index (χ0v) is 26.2. The number of nitrogens with two attached hydrogens (primary N) is 1. The lowest BCUT2D eigenvalue weighted by Gasteiger charge is -2.52. The van der Waals surface area contributed by atoms with Gasteiger partial charge >= 0.3 is 0 Å². The predicted molar refractivity (Wildman–Crippen MR) is 161 cm³/mol. The van der Waals surface area contributed by atoms with Crippen molar-refractivity contribution in [1.29, 1.82) is 0 Å². The Morgan fingerprint density at radius 2 is 1.63 bits per heavy atom. The second-order valence-corrected chi connectivity index (χ2v) is 12.9. The fourth-order valence-electron chi connectivity index (χ4n) is 7.50. The first-order chi connectivity index (χ1) is 20.2. The molecule has 4 rings (SSSR count). The van der Waals surface area contributed by atoms with Gasteiger partial charge in [0.15, 0.2) is 34.7 Å². The molecular weight excluding hydrogens is 552 g/mol. The molecule has 0 saturated heterocycles. The number of nitrogens with zero attached hydrogens (tertiary/aromatic N) is 3. The molecule has 4 unspecified atom stereocenters. The Morgan fingerprint density at radius 1 is 1.02 bits per heavy atom. The van der Waals surface area contributed by atoms with E-state index in [0.717, 1.165) is 44.5 Å². The summed E-state index contributed by atoms with van der Waals surface area (Å²) >= 11 is 0. The first kappa shape index (κ1) is 32.8. The van der Waals surface area contributed by atoms with Gasteiger partial charge in [-0.2, -0.15) is 0 Å². The van der Waals surface area contributed by atoms with E-state index in [1.54, 1.807) is 14.1 Å². The van der Waals surface area contributed by atoms with E-state index in [-0.39, 0.29) is 24.2 Å². The molecule has 1 aromatic carbocycles. The van der Waals surface area contributed by atoms with Gasteiger partial charge in [0.05, 0.1) is 17.5 Å². The third-order valence-corrected chi connectivity index (χ3v) is 9.65. The SMILES string of the molecule is CCCCN(CCCC)Cc1cc(N(C)C)c2c(c1O)C(=O)C1C(=O)[C@]3(O)C(=O)C(C(N)=O)C(=O)[C@@H](N(C)C)C3CC1C2. The van der Waals surface area contributed by atoms with Crippen molar-refractivity contribution in [3.05, 3.63) is 22.8 Å². The fourth-order valence-corrected chi connectivity index (χ4v) is 7.50. The van der Waals surface area contributed by atoms with Crippen molar-refractivity contribution in [1.82, 2.24) is 9.80 Å². The maximum Gasteiger partial charge on any atom is 0.235 e. The standard InChI is InChI=1S/C32H46N4O7/c1-7-9-11-36(12-10-8-2)16-18-15-21(34(3)4)19-13-17-14-20-25(35(5)6)28(39)24(31(33)42)30(41)32(20,43)29(40)22(17)27(38)23(19)26(18)37/h15,17,20,22,24-25,37,43H,7-14,16H2,1-6H3,(H2,33,42)/t17?,20?,22?,24?,25-,32-/m0/s1. The number of likely N-dealkylation sites (N-methyl/N-ethyl adjacent to an activating group) is 1. The first-order valence-electron chi connectivity index (χ1n) is 15.3. The third kappa shape index (κ3) is 5.40. The Morgan fingerprint density at radius 3 is 2.14 bits per heavy atom. The van der Waals surface area contributed by atoms with Gasteiger partial charge in [0.2, 0.25) is 5.91 Å². The molecule has 1 aromatic rings. The number of carbonyl (C=O) groups is 5. The van der Waals surface area contributed by atoms with Crippen LogP contribution in [0.4, 0.5) is 5.69 Å². The van der Waals surface area contributed by atoms with Crippen molar-refractivity contribution in [2.45, 2.75) is 70.6 Å². The van der Waals surface area contributed by atoms with E-state index < -0.39 is 64.4 Å². The smallest absolute Gasteiger partial charge is 0.235 e. The lowest BCUT2D eigenvalue weighted by atomic mass is 9.52. The summed E-state index contributed by atoms with van der Waals surface area (Å²) < 4.78 is 0. The Bertz CT molecular complexity index is 1320. The molecule has 11 heteroatoms. The minimum atomic E-state index is -2.73. The molecular formula is C32H46N4O7. The number of hydrogen-bond acceptors (Lipinski definition) is 10. The average molecular weight is 599 g/mol. The van der Waals surface area contributed by atoms with Gasteiger partial charge in [0.1, 0.15) is 5.75 Å². The molecule has 2 fully saturated rings. The van der Waals surface area contributed by atoms with Gasteiger partial charge in [0, 0.05) is 37.8 Å². The van der Waals surface area contributed by atoms with Crippen LogP contribution in [0.25, 0.3) is 0 Å². The van der Waals surface area contributed by atoms with Crippen LogP contribution < -0.4 is 10.6 Å². The molecule has 43 heavy (non-hydrogen) atoms. The van der Waals surface area contributed by atoms with Crippen LogP contribution in [0.1, 0.15) is 67.4 Å². The fraction of sp³-hybridized carbons (Fsp3) is 0.656. The second-order valence-electron chi connectivity index (χ2n) is 12.9. The van der Waals surface area contributed by atoms with Crippen LogP contribution in [0.15, 0.2) is 6.07 Å². The summed E-state index contributed by atoms with van der Waals surface area (Å²) in [7, 11) is 6.86. The summed E-state index contributed by atoms with van der Waals surface area (Å²) in [6, 6.07) is 0.782. The number of unbranched alkanes of at least 4 members (excludes halogenated alkanes) is 2. The van der Waals surface area contributed by atoms with Crippen molar-refractivity contribution in [2.24, 2.45) is 29.4 Å². The molecule has 0 radical (unpaired) electrons. The molecule has 1 amide bonds. The molecule has 3 aliphatic carbocycles. The molecule has 0 heterocycles. The van der Waals surface area contributed by atoms with Gasteiger partial charge < -0.3 is 20.8 Å². The number of anilines is 1. The Kier molecular flexibility index (Phi) is 9.49. The van der Waals surface area contributed by atoms with E-state index in [0.29, 0.717) is 17.7 Å². The zero-order valence-electron chi connectivity index (χ0n) is 26.2. The van der Waals surface area contributed by atoms with Crippen LogP contribution in [0.2, 0.25) is 0 Å². The molecule has 0 spiro atoms. The number of Topliss-reactive ketones (excluding diaryl/α,β-unsaturated/α-hetero) is 4. The first-order valence-corrected chi connectivity index (χ1v) is 15.3. The zero-order chi connectivity index (χ0) is 32.0. The van der Waals surface area contributed by atoms with Crippen LogP contribution in [0.5, 0.6) is 5.75 Å². The second kappa shape index (κ2) is 12.5. The van der Waals surface area contributed by atoms with Gasteiger partial charge in [-0.25, -0.2) is 0 Å². The van der Waals surface area contributed by atoms with Crippen LogP contribution in [0, 0.1) is 23.7 Å². The summed E-state index contributed by atoms with van der Waals surface area (Å²) in [5.74, 6) is -10.3. The highest BCUT2D eigenvalue weighted by Crippen LogP contribution is 2.52. The van der Waals surface area contributed by atoms with Gasteiger partial charge in [-0.05, 0) is 70.4 Å². The number of aromatic hydroxyl groups is 1. The summed E-state index contributed by atoms with van der Waals surface area (Å²) in [5.41, 5.74) is 4.65. The topological polar surface area (TPSA) is 162 Å². The van der Waals surface area contributed by atoms with Crippen molar-refractivity contribution >= 4 is 34.7 Å². The number of ketones is 4. The Labute approximate surface area is 253 Å².